The SMILES string of the molecule is Cc1ccc(C(=N)N)cc1NS(=O)(=O)CCC(C)C. The van der Waals surface area contributed by atoms with Gasteiger partial charge in [-0.3, -0.25) is 10.1 Å². The number of nitrogens with one attached hydrogen (secondary N) is 2. The molecule has 0 spiro atoms. The van der Waals surface area contributed by atoms with Gasteiger partial charge in [0.2, 0.25) is 10.0 Å². The maximum absolute atomic E-state index is 11.9. The highest BCUT2D eigenvalue weighted by molar-refractivity contribution is 7.92. The third kappa shape index (κ3) is 4.90. The first-order valence-corrected chi connectivity index (χ1v) is 7.82. The summed E-state index contributed by atoms with van der Waals surface area (Å²) in [6.45, 7) is 5.78. The number of aryl methyl sites for hydroxylation is 1. The zero-order valence-electron chi connectivity index (χ0n) is 11.5. The summed E-state index contributed by atoms with van der Waals surface area (Å²) in [7, 11) is -3.36. The van der Waals surface area contributed by atoms with E-state index in [2.05, 4.69) is 4.72 Å². The van der Waals surface area contributed by atoms with Gasteiger partial charge in [0.25, 0.3) is 0 Å². The minimum Gasteiger partial charge on any atom is -0.384 e. The van der Waals surface area contributed by atoms with Crippen molar-refractivity contribution in [3.63, 3.8) is 0 Å². The molecule has 0 aromatic heterocycles. The van der Waals surface area contributed by atoms with Gasteiger partial charge in [0.1, 0.15) is 5.84 Å². The van der Waals surface area contributed by atoms with E-state index in [1.54, 1.807) is 18.2 Å². The molecule has 0 aliphatic carbocycles. The molecule has 1 aromatic carbocycles. The topological polar surface area (TPSA) is 96.0 Å². The molecule has 0 amide bonds. The highest BCUT2D eigenvalue weighted by Crippen LogP contribution is 2.18. The third-order valence-corrected chi connectivity index (χ3v) is 4.08. The lowest BCUT2D eigenvalue weighted by Gasteiger charge is -2.12. The Morgan fingerprint density at radius 3 is 2.58 bits per heavy atom. The molecule has 6 heteroatoms. The standard InChI is InChI=1S/C13H21N3O2S/c1-9(2)6-7-19(17,18)16-12-8-11(13(14)15)5-4-10(12)3/h4-5,8-9,16H,6-7H2,1-3H3,(H3,14,15). The Bertz CT molecular complexity index is 565. The van der Waals surface area contributed by atoms with Crippen LogP contribution in [-0.4, -0.2) is 20.0 Å². The van der Waals surface area contributed by atoms with Gasteiger partial charge in [-0.15, -0.1) is 0 Å². The molecule has 19 heavy (non-hydrogen) atoms. The normalized spacial score (nSPS) is 11.6. The Kier molecular flexibility index (Phi) is 4.94. The number of benzene rings is 1. The number of amidine groups is 1. The van der Waals surface area contributed by atoms with Crippen molar-refractivity contribution in [2.45, 2.75) is 27.2 Å². The third-order valence-electron chi connectivity index (χ3n) is 2.78. The van der Waals surface area contributed by atoms with E-state index in [4.69, 9.17) is 11.1 Å². The van der Waals surface area contributed by atoms with Crippen LogP contribution in [-0.2, 0) is 10.0 Å². The summed E-state index contributed by atoms with van der Waals surface area (Å²) in [5.74, 6) is 0.345. The van der Waals surface area contributed by atoms with Crippen molar-refractivity contribution < 1.29 is 8.42 Å². The van der Waals surface area contributed by atoms with Crippen molar-refractivity contribution >= 4 is 21.5 Å². The van der Waals surface area contributed by atoms with Gasteiger partial charge in [0, 0.05) is 5.56 Å². The molecule has 1 aromatic rings. The van der Waals surface area contributed by atoms with Crippen LogP contribution in [0.4, 0.5) is 5.69 Å². The first kappa shape index (κ1) is 15.5. The van der Waals surface area contributed by atoms with Crippen molar-refractivity contribution in [3.8, 4) is 0 Å². The van der Waals surface area contributed by atoms with E-state index in [1.807, 2.05) is 20.8 Å². The molecule has 0 heterocycles. The minimum atomic E-state index is -3.36. The molecule has 0 saturated carbocycles. The van der Waals surface area contributed by atoms with E-state index in [0.29, 0.717) is 23.6 Å². The number of nitrogens with two attached hydrogens (primary N) is 1. The molecule has 5 nitrogen and oxygen atoms in total. The molecular weight excluding hydrogens is 262 g/mol. The molecule has 106 valence electrons. The molecule has 0 saturated heterocycles. The van der Waals surface area contributed by atoms with Crippen molar-refractivity contribution in [3.05, 3.63) is 29.3 Å². The van der Waals surface area contributed by atoms with Crippen LogP contribution in [0.3, 0.4) is 0 Å². The van der Waals surface area contributed by atoms with Crippen LogP contribution in [0, 0.1) is 18.3 Å². The van der Waals surface area contributed by atoms with Crippen molar-refractivity contribution in [1.29, 1.82) is 5.41 Å². The molecule has 0 bridgehead atoms. The Balaban J connectivity index is 2.92. The zero-order valence-corrected chi connectivity index (χ0v) is 12.3. The summed E-state index contributed by atoms with van der Waals surface area (Å²) in [6, 6.07) is 5.03. The fourth-order valence-electron chi connectivity index (χ4n) is 1.51. The molecule has 4 N–H and O–H groups in total. The smallest absolute Gasteiger partial charge is 0.232 e. The summed E-state index contributed by atoms with van der Waals surface area (Å²) < 4.78 is 26.4. The molecule has 0 aliphatic rings. The van der Waals surface area contributed by atoms with Gasteiger partial charge in [0.05, 0.1) is 11.4 Å². The fraction of sp³-hybridized carbons (Fsp3) is 0.462. The maximum Gasteiger partial charge on any atom is 0.232 e. The molecule has 0 atom stereocenters. The van der Waals surface area contributed by atoms with Crippen molar-refractivity contribution in [2.75, 3.05) is 10.5 Å². The minimum absolute atomic E-state index is 0.0809. The van der Waals surface area contributed by atoms with Crippen LogP contribution in [0.2, 0.25) is 0 Å². The molecule has 0 radical (unpaired) electrons. The largest absolute Gasteiger partial charge is 0.384 e. The predicted molar refractivity (Wildman–Crippen MR) is 79.1 cm³/mol. The van der Waals surface area contributed by atoms with Gasteiger partial charge in [-0.25, -0.2) is 8.42 Å². The van der Waals surface area contributed by atoms with Gasteiger partial charge in [-0.1, -0.05) is 26.0 Å². The highest BCUT2D eigenvalue weighted by atomic mass is 32.2. The Hall–Kier alpha value is -1.56. The van der Waals surface area contributed by atoms with E-state index in [1.165, 1.54) is 0 Å². The summed E-state index contributed by atoms with van der Waals surface area (Å²) >= 11 is 0. The van der Waals surface area contributed by atoms with Gasteiger partial charge in [-0.05, 0) is 30.9 Å². The number of hydrogen-bond acceptors (Lipinski definition) is 3. The van der Waals surface area contributed by atoms with E-state index >= 15 is 0 Å². The second-order valence-corrected chi connectivity index (χ2v) is 6.89. The summed E-state index contributed by atoms with van der Waals surface area (Å²) in [4.78, 5) is 0. The number of nitrogen functional groups attached to an aromatic ring is 1. The van der Waals surface area contributed by atoms with E-state index in [-0.39, 0.29) is 11.6 Å². The van der Waals surface area contributed by atoms with Crippen molar-refractivity contribution in [1.82, 2.24) is 0 Å². The van der Waals surface area contributed by atoms with E-state index in [0.717, 1.165) is 5.56 Å². The lowest BCUT2D eigenvalue weighted by molar-refractivity contribution is 0.578. The number of anilines is 1. The average Bonchev–Trinajstić information content (AvgIpc) is 2.29. The second kappa shape index (κ2) is 6.06. The van der Waals surface area contributed by atoms with Gasteiger partial charge in [-0.2, -0.15) is 0 Å². The number of rotatable bonds is 6. The lowest BCUT2D eigenvalue weighted by Crippen LogP contribution is -2.19. The second-order valence-electron chi connectivity index (χ2n) is 5.05. The number of hydrogen-bond donors (Lipinski definition) is 3. The van der Waals surface area contributed by atoms with Crippen LogP contribution in [0.1, 0.15) is 31.4 Å². The van der Waals surface area contributed by atoms with Crippen LogP contribution in [0.5, 0.6) is 0 Å². The molecule has 0 aliphatic heterocycles. The first-order valence-electron chi connectivity index (χ1n) is 6.17. The summed E-state index contributed by atoms with van der Waals surface area (Å²) in [5.41, 5.74) is 7.19. The summed E-state index contributed by atoms with van der Waals surface area (Å²) in [5, 5.41) is 7.37. The maximum atomic E-state index is 11.9. The fourth-order valence-corrected chi connectivity index (χ4v) is 2.95. The van der Waals surface area contributed by atoms with Gasteiger partial charge >= 0.3 is 0 Å². The Morgan fingerprint density at radius 1 is 1.42 bits per heavy atom. The molecule has 1 rings (SSSR count). The summed E-state index contributed by atoms with van der Waals surface area (Å²) in [6.07, 6.45) is 0.612. The quantitative estimate of drug-likeness (QED) is 0.551. The van der Waals surface area contributed by atoms with Gasteiger partial charge in [0.15, 0.2) is 0 Å². The van der Waals surface area contributed by atoms with Gasteiger partial charge < -0.3 is 5.73 Å². The molecule has 0 unspecified atom stereocenters. The van der Waals surface area contributed by atoms with Crippen LogP contribution in [0.25, 0.3) is 0 Å². The molecule has 0 fully saturated rings. The lowest BCUT2D eigenvalue weighted by atomic mass is 10.1. The Morgan fingerprint density at radius 2 is 2.05 bits per heavy atom. The van der Waals surface area contributed by atoms with Crippen LogP contribution < -0.4 is 10.5 Å². The van der Waals surface area contributed by atoms with E-state index < -0.39 is 10.0 Å². The Labute approximate surface area is 114 Å². The number of sulfonamides is 1. The van der Waals surface area contributed by atoms with E-state index in [9.17, 15) is 8.42 Å². The highest BCUT2D eigenvalue weighted by Gasteiger charge is 2.13. The van der Waals surface area contributed by atoms with Crippen molar-refractivity contribution in [2.24, 2.45) is 11.7 Å². The average molecular weight is 283 g/mol. The van der Waals surface area contributed by atoms with Crippen LogP contribution in [0.15, 0.2) is 18.2 Å². The monoisotopic (exact) mass is 283 g/mol. The molecular formula is C13H21N3O2S. The predicted octanol–water partition coefficient (Wildman–Crippen LogP) is 2.07. The van der Waals surface area contributed by atoms with Crippen LogP contribution >= 0.6 is 0 Å². The first-order chi connectivity index (χ1) is 8.71. The zero-order chi connectivity index (χ0) is 14.6.